The van der Waals surface area contributed by atoms with Gasteiger partial charge in [0.15, 0.2) is 0 Å². The molecule has 1 N–H and O–H groups in total. The molecule has 1 aliphatic heterocycles. The summed E-state index contributed by atoms with van der Waals surface area (Å²) in [7, 11) is 1.65. The van der Waals surface area contributed by atoms with Crippen molar-refractivity contribution in [2.24, 2.45) is 0 Å². The first kappa shape index (κ1) is 23.1. The number of benzene rings is 2. The second-order valence-corrected chi connectivity index (χ2v) is 9.05. The number of fused-ring (bicyclic) bond motifs is 1. The van der Waals surface area contributed by atoms with E-state index >= 15 is 0 Å². The molecule has 2 aromatic carbocycles. The molecule has 0 unspecified atom stereocenters. The maximum absolute atomic E-state index is 13.2. The zero-order valence-electron chi connectivity index (χ0n) is 19.1. The average Bonchev–Trinajstić information content (AvgIpc) is 2.80. The molecule has 0 radical (unpaired) electrons. The number of halogens is 2. The Morgan fingerprint density at radius 3 is 2.58 bits per heavy atom. The molecule has 1 amide bonds. The summed E-state index contributed by atoms with van der Waals surface area (Å²) in [6.45, 7) is 2.13. The number of nitrogens with one attached hydrogen (secondary N) is 1. The van der Waals surface area contributed by atoms with Crippen LogP contribution in [0.4, 0.5) is 14.5 Å². The second-order valence-electron chi connectivity index (χ2n) is 9.05. The van der Waals surface area contributed by atoms with Crippen LogP contribution in [0.25, 0.3) is 0 Å². The Bertz CT molecular complexity index is 1040. The first-order valence-corrected chi connectivity index (χ1v) is 11.5. The highest BCUT2D eigenvalue weighted by Crippen LogP contribution is 2.42. The van der Waals surface area contributed by atoms with Gasteiger partial charge >= 0.3 is 0 Å². The lowest BCUT2D eigenvalue weighted by Gasteiger charge is -2.43. The van der Waals surface area contributed by atoms with Gasteiger partial charge in [0.1, 0.15) is 5.75 Å². The summed E-state index contributed by atoms with van der Waals surface area (Å²) in [5.74, 6) is 0.241. The van der Waals surface area contributed by atoms with E-state index in [4.69, 9.17) is 11.2 Å². The van der Waals surface area contributed by atoms with Crippen LogP contribution in [0.2, 0.25) is 0 Å². The van der Waals surface area contributed by atoms with E-state index in [2.05, 4.69) is 18.2 Å². The van der Waals surface area contributed by atoms with E-state index in [1.54, 1.807) is 7.11 Å². The molecule has 0 aromatic heterocycles. The van der Waals surface area contributed by atoms with E-state index in [1.807, 2.05) is 47.4 Å². The molecule has 1 saturated carbocycles. The van der Waals surface area contributed by atoms with E-state index in [-0.39, 0.29) is 36.9 Å². The number of alkyl halides is 2. The Labute approximate surface area is 194 Å². The number of nitrogens with zero attached hydrogens (tertiary/aromatic N) is 1. The van der Waals surface area contributed by atoms with Gasteiger partial charge in [0, 0.05) is 30.6 Å². The molecule has 1 heterocycles. The molecular weight excluding hydrogens is 422 g/mol. The summed E-state index contributed by atoms with van der Waals surface area (Å²) < 4.78 is 31.8. The fourth-order valence-corrected chi connectivity index (χ4v) is 5.00. The second kappa shape index (κ2) is 9.43. The minimum Gasteiger partial charge on any atom is -0.497 e. The predicted molar refractivity (Wildman–Crippen MR) is 126 cm³/mol. The summed E-state index contributed by atoms with van der Waals surface area (Å²) in [5, 5.41) is 3.17. The highest BCUT2D eigenvalue weighted by atomic mass is 19.3. The van der Waals surface area contributed by atoms with Gasteiger partial charge in [-0.2, -0.15) is 0 Å². The van der Waals surface area contributed by atoms with Crippen LogP contribution in [-0.2, 0) is 11.2 Å². The fraction of sp³-hybridized carbons (Fsp3) is 0.444. The number of rotatable bonds is 7. The van der Waals surface area contributed by atoms with Gasteiger partial charge in [-0.25, -0.2) is 8.78 Å². The van der Waals surface area contributed by atoms with Crippen molar-refractivity contribution in [3.8, 4) is 18.1 Å². The summed E-state index contributed by atoms with van der Waals surface area (Å²) in [6.07, 6.45) is 8.93. The van der Waals surface area contributed by atoms with Gasteiger partial charge in [0.25, 0.3) is 11.8 Å². The zero-order valence-corrected chi connectivity index (χ0v) is 19.1. The summed E-state index contributed by atoms with van der Waals surface area (Å²) in [5.41, 5.74) is 3.92. The summed E-state index contributed by atoms with van der Waals surface area (Å²) >= 11 is 0. The molecule has 1 fully saturated rings. The van der Waals surface area contributed by atoms with Crippen LogP contribution in [0.3, 0.4) is 0 Å². The third-order valence-electron chi connectivity index (χ3n) is 6.71. The van der Waals surface area contributed by atoms with Gasteiger partial charge in [0.2, 0.25) is 0 Å². The number of methoxy groups -OCH3 is 1. The lowest BCUT2D eigenvalue weighted by atomic mass is 9.83. The van der Waals surface area contributed by atoms with E-state index in [1.165, 1.54) is 0 Å². The van der Waals surface area contributed by atoms with Gasteiger partial charge in [-0.1, -0.05) is 38.0 Å². The van der Waals surface area contributed by atoms with E-state index in [0.717, 1.165) is 53.8 Å². The van der Waals surface area contributed by atoms with Crippen molar-refractivity contribution in [1.82, 2.24) is 4.90 Å². The summed E-state index contributed by atoms with van der Waals surface area (Å²) in [4.78, 5) is 14.8. The van der Waals surface area contributed by atoms with Gasteiger partial charge in [-0.15, -0.1) is 6.42 Å². The molecule has 4 nitrogen and oxygen atoms in total. The van der Waals surface area contributed by atoms with Crippen LogP contribution in [0.1, 0.15) is 61.8 Å². The van der Waals surface area contributed by atoms with Crippen molar-refractivity contribution in [2.75, 3.05) is 12.4 Å². The Kier molecular flexibility index (Phi) is 6.60. The van der Waals surface area contributed by atoms with Crippen molar-refractivity contribution in [1.29, 1.82) is 0 Å². The zero-order chi connectivity index (χ0) is 23.6. The minimum absolute atomic E-state index is 0.00637. The SMILES string of the molecule is C#CC(=O)N1[C@@H](CCCC)Cc2cc(OC)ccc2[C@@H]1c1ccc(NC2CC(F)(F)C2)cc1. The lowest BCUT2D eigenvalue weighted by molar-refractivity contribution is -0.130. The quantitative estimate of drug-likeness (QED) is 0.559. The van der Waals surface area contributed by atoms with Crippen LogP contribution >= 0.6 is 0 Å². The molecule has 0 spiro atoms. The molecule has 2 aliphatic rings. The molecule has 1 aliphatic carbocycles. The third kappa shape index (κ3) is 4.83. The maximum Gasteiger partial charge on any atom is 0.299 e. The molecule has 6 heteroatoms. The topological polar surface area (TPSA) is 41.6 Å². The first-order valence-electron chi connectivity index (χ1n) is 11.5. The smallest absolute Gasteiger partial charge is 0.299 e. The number of hydrogen-bond donors (Lipinski definition) is 1. The van der Waals surface area contributed by atoms with Crippen LogP contribution < -0.4 is 10.1 Å². The highest BCUT2D eigenvalue weighted by Gasteiger charge is 2.45. The number of anilines is 1. The normalized spacial score (nSPS) is 21.5. The Morgan fingerprint density at radius 1 is 1.24 bits per heavy atom. The molecule has 33 heavy (non-hydrogen) atoms. The lowest BCUT2D eigenvalue weighted by Crippen LogP contribution is -2.47. The predicted octanol–water partition coefficient (Wildman–Crippen LogP) is 5.57. The molecule has 174 valence electrons. The number of ether oxygens (including phenoxy) is 1. The number of carbonyl (C=O) groups excluding carboxylic acids is 1. The molecule has 2 atom stereocenters. The monoisotopic (exact) mass is 452 g/mol. The van der Waals surface area contributed by atoms with Crippen molar-refractivity contribution >= 4 is 11.6 Å². The van der Waals surface area contributed by atoms with Gasteiger partial charge in [-0.3, -0.25) is 4.79 Å². The average molecular weight is 453 g/mol. The summed E-state index contributed by atoms with van der Waals surface area (Å²) in [6, 6.07) is 13.1. The van der Waals surface area contributed by atoms with E-state index in [0.29, 0.717) is 0 Å². The Morgan fingerprint density at radius 2 is 1.97 bits per heavy atom. The standard InChI is InChI=1S/C27H30F2N2O2/c1-4-6-7-22-14-19-15-23(33-3)12-13-24(19)26(31(22)25(32)5-2)18-8-10-20(11-9-18)30-21-16-27(28,29)17-21/h2,8-13,15,21-22,26,30H,4,6-7,14,16-17H2,1,3H3/t22-,26-/m0/s1. The maximum atomic E-state index is 13.2. The number of terminal acetylenes is 1. The van der Waals surface area contributed by atoms with Crippen molar-refractivity contribution in [3.63, 3.8) is 0 Å². The fourth-order valence-electron chi connectivity index (χ4n) is 5.00. The Balaban J connectivity index is 1.68. The number of carbonyl (C=O) groups is 1. The number of amides is 1. The van der Waals surface area contributed by atoms with Crippen LogP contribution in [0, 0.1) is 12.3 Å². The van der Waals surface area contributed by atoms with Crippen molar-refractivity contribution in [2.45, 2.75) is 69.5 Å². The molecular formula is C27H30F2N2O2. The van der Waals surface area contributed by atoms with Crippen LogP contribution in [0.15, 0.2) is 42.5 Å². The Hall–Kier alpha value is -3.07. The molecule has 0 saturated heterocycles. The van der Waals surface area contributed by atoms with Gasteiger partial charge in [0.05, 0.1) is 13.2 Å². The van der Waals surface area contributed by atoms with Crippen LogP contribution in [0.5, 0.6) is 5.75 Å². The van der Waals surface area contributed by atoms with Gasteiger partial charge < -0.3 is 15.0 Å². The molecule has 0 bridgehead atoms. The minimum atomic E-state index is -2.56. The largest absolute Gasteiger partial charge is 0.497 e. The third-order valence-corrected chi connectivity index (χ3v) is 6.71. The van der Waals surface area contributed by atoms with Gasteiger partial charge in [-0.05, 0) is 59.7 Å². The van der Waals surface area contributed by atoms with E-state index < -0.39 is 5.92 Å². The highest BCUT2D eigenvalue weighted by molar-refractivity contribution is 5.94. The van der Waals surface area contributed by atoms with Crippen LogP contribution in [-0.4, -0.2) is 35.9 Å². The van der Waals surface area contributed by atoms with Crippen molar-refractivity contribution < 1.29 is 18.3 Å². The molecule has 4 rings (SSSR count). The van der Waals surface area contributed by atoms with Crippen molar-refractivity contribution in [3.05, 3.63) is 59.2 Å². The number of hydrogen-bond acceptors (Lipinski definition) is 3. The first-order chi connectivity index (χ1) is 15.8. The number of unbranched alkanes of at least 4 members (excludes halogenated alkanes) is 1. The van der Waals surface area contributed by atoms with E-state index in [9.17, 15) is 13.6 Å². The molecule has 2 aromatic rings.